The van der Waals surface area contributed by atoms with E-state index in [1.807, 2.05) is 6.92 Å². The molecule has 0 radical (unpaired) electrons. The van der Waals surface area contributed by atoms with Gasteiger partial charge in [-0.25, -0.2) is 4.98 Å². The van der Waals surface area contributed by atoms with Crippen LogP contribution in [0.4, 0.5) is 10.3 Å². The van der Waals surface area contributed by atoms with Crippen molar-refractivity contribution in [1.82, 2.24) is 9.97 Å². The highest BCUT2D eigenvalue weighted by Crippen LogP contribution is 2.32. The first kappa shape index (κ1) is 15.0. The Morgan fingerprint density at radius 3 is 2.95 bits per heavy atom. The lowest BCUT2D eigenvalue weighted by atomic mass is 10.3. The summed E-state index contributed by atoms with van der Waals surface area (Å²) in [5, 5.41) is 3.52. The monoisotopic (exact) mass is 359 g/mol. The zero-order valence-corrected chi connectivity index (χ0v) is 13.0. The Bertz CT molecular complexity index is 612. The van der Waals surface area contributed by atoms with E-state index in [1.54, 1.807) is 18.2 Å². The highest BCUT2D eigenvalue weighted by Gasteiger charge is 2.11. The van der Waals surface area contributed by atoms with Crippen LogP contribution in [-0.2, 0) is 0 Å². The van der Waals surface area contributed by atoms with Gasteiger partial charge < -0.3 is 10.1 Å². The van der Waals surface area contributed by atoms with E-state index in [9.17, 15) is 4.39 Å². The smallest absolute Gasteiger partial charge is 0.260 e. The van der Waals surface area contributed by atoms with E-state index in [0.717, 1.165) is 12.6 Å². The number of hydrogen-bond donors (Lipinski definition) is 1. The highest BCUT2D eigenvalue weighted by atomic mass is 79.9. The predicted octanol–water partition coefficient (Wildman–Crippen LogP) is 4.65. The molecule has 7 heteroatoms. The molecule has 0 amide bonds. The van der Waals surface area contributed by atoms with E-state index in [1.165, 1.54) is 0 Å². The molecule has 0 fully saturated rings. The van der Waals surface area contributed by atoms with Crippen molar-refractivity contribution in [2.24, 2.45) is 0 Å². The molecule has 0 atom stereocenters. The summed E-state index contributed by atoms with van der Waals surface area (Å²) in [6, 6.07) is 4.94. The summed E-state index contributed by atoms with van der Waals surface area (Å²) < 4.78 is 19.7. The number of anilines is 1. The van der Waals surface area contributed by atoms with Gasteiger partial charge in [-0.05, 0) is 40.5 Å². The van der Waals surface area contributed by atoms with Crippen molar-refractivity contribution in [3.63, 3.8) is 0 Å². The molecule has 1 aromatic heterocycles. The SMILES string of the molecule is CCCNc1ncc(F)c(Oc2ccc(Cl)cc2Br)n1. The molecule has 0 aliphatic carbocycles. The summed E-state index contributed by atoms with van der Waals surface area (Å²) in [4.78, 5) is 7.84. The Morgan fingerprint density at radius 2 is 2.25 bits per heavy atom. The second-order valence-electron chi connectivity index (χ2n) is 3.95. The first-order chi connectivity index (χ1) is 9.60. The zero-order chi connectivity index (χ0) is 14.5. The van der Waals surface area contributed by atoms with Gasteiger partial charge in [0, 0.05) is 11.6 Å². The third-order valence-corrected chi connectivity index (χ3v) is 3.20. The molecule has 0 spiro atoms. The van der Waals surface area contributed by atoms with Crippen LogP contribution >= 0.6 is 27.5 Å². The number of nitrogens with zero attached hydrogens (tertiary/aromatic N) is 2. The van der Waals surface area contributed by atoms with Gasteiger partial charge in [0.15, 0.2) is 0 Å². The molecular formula is C13H12BrClFN3O. The highest BCUT2D eigenvalue weighted by molar-refractivity contribution is 9.10. The predicted molar refractivity (Wildman–Crippen MR) is 80.0 cm³/mol. The lowest BCUT2D eigenvalue weighted by molar-refractivity contribution is 0.418. The van der Waals surface area contributed by atoms with Crippen LogP contribution in [0.1, 0.15) is 13.3 Å². The molecular weight excluding hydrogens is 349 g/mol. The molecule has 4 nitrogen and oxygen atoms in total. The molecule has 2 rings (SSSR count). The van der Waals surface area contributed by atoms with Crippen LogP contribution in [0.15, 0.2) is 28.9 Å². The van der Waals surface area contributed by atoms with Crippen molar-refractivity contribution < 1.29 is 9.13 Å². The van der Waals surface area contributed by atoms with Gasteiger partial charge in [0.2, 0.25) is 11.8 Å². The van der Waals surface area contributed by atoms with Crippen LogP contribution in [0.3, 0.4) is 0 Å². The van der Waals surface area contributed by atoms with Crippen LogP contribution < -0.4 is 10.1 Å². The van der Waals surface area contributed by atoms with Crippen molar-refractivity contribution in [3.8, 4) is 11.6 Å². The third kappa shape index (κ3) is 3.80. The number of hydrogen-bond acceptors (Lipinski definition) is 4. The van der Waals surface area contributed by atoms with Crippen LogP contribution in [0.25, 0.3) is 0 Å². The standard InChI is InChI=1S/C13H12BrClFN3O/c1-2-5-17-13-18-7-10(16)12(19-13)20-11-4-3-8(15)6-9(11)14/h3-4,6-7H,2,5H2,1H3,(H,17,18,19). The second kappa shape index (κ2) is 6.85. The minimum absolute atomic E-state index is 0.137. The van der Waals surface area contributed by atoms with Crippen LogP contribution in [0, 0.1) is 5.82 Å². The van der Waals surface area contributed by atoms with Crippen LogP contribution in [-0.4, -0.2) is 16.5 Å². The van der Waals surface area contributed by atoms with E-state index in [4.69, 9.17) is 16.3 Å². The van der Waals surface area contributed by atoms with Crippen molar-refractivity contribution in [2.75, 3.05) is 11.9 Å². The Balaban J connectivity index is 2.23. The molecule has 0 bridgehead atoms. The quantitative estimate of drug-likeness (QED) is 0.843. The minimum Gasteiger partial charge on any atom is -0.435 e. The van der Waals surface area contributed by atoms with E-state index in [2.05, 4.69) is 31.2 Å². The van der Waals surface area contributed by atoms with Gasteiger partial charge in [0.1, 0.15) is 5.75 Å². The largest absolute Gasteiger partial charge is 0.435 e. The maximum Gasteiger partial charge on any atom is 0.260 e. The second-order valence-corrected chi connectivity index (χ2v) is 5.24. The Kier molecular flexibility index (Phi) is 5.14. The molecule has 0 aliphatic heterocycles. The molecule has 0 saturated carbocycles. The minimum atomic E-state index is -0.631. The fourth-order valence-electron chi connectivity index (χ4n) is 1.41. The van der Waals surface area contributed by atoms with Crippen molar-refractivity contribution in [3.05, 3.63) is 39.7 Å². The summed E-state index contributed by atoms with van der Waals surface area (Å²) in [5.74, 6) is -0.0164. The number of halogens is 3. The summed E-state index contributed by atoms with van der Waals surface area (Å²) in [5.41, 5.74) is 0. The van der Waals surface area contributed by atoms with Gasteiger partial charge in [-0.1, -0.05) is 18.5 Å². The van der Waals surface area contributed by atoms with Gasteiger partial charge in [-0.3, -0.25) is 0 Å². The normalized spacial score (nSPS) is 10.4. The van der Waals surface area contributed by atoms with Gasteiger partial charge in [-0.15, -0.1) is 0 Å². The van der Waals surface area contributed by atoms with Gasteiger partial charge in [0.05, 0.1) is 10.7 Å². The molecule has 106 valence electrons. The molecule has 0 aliphatic rings. The Morgan fingerprint density at radius 1 is 1.45 bits per heavy atom. The first-order valence-electron chi connectivity index (χ1n) is 5.99. The van der Waals surface area contributed by atoms with Crippen molar-refractivity contribution >= 4 is 33.5 Å². The van der Waals surface area contributed by atoms with Crippen LogP contribution in [0.2, 0.25) is 5.02 Å². The topological polar surface area (TPSA) is 47.0 Å². The number of aromatic nitrogens is 2. The Hall–Kier alpha value is -1.40. The third-order valence-electron chi connectivity index (χ3n) is 2.35. The molecule has 2 aromatic rings. The van der Waals surface area contributed by atoms with Crippen LogP contribution in [0.5, 0.6) is 11.6 Å². The molecule has 0 unspecified atom stereocenters. The maximum atomic E-state index is 13.7. The number of rotatable bonds is 5. The Labute approximate surface area is 129 Å². The molecule has 0 saturated heterocycles. The van der Waals surface area contributed by atoms with E-state index >= 15 is 0 Å². The summed E-state index contributed by atoms with van der Waals surface area (Å²) >= 11 is 9.14. The van der Waals surface area contributed by atoms with E-state index in [-0.39, 0.29) is 5.88 Å². The lowest BCUT2D eigenvalue weighted by Crippen LogP contribution is -2.05. The number of nitrogens with one attached hydrogen (secondary N) is 1. The van der Waals surface area contributed by atoms with Crippen molar-refractivity contribution in [1.29, 1.82) is 0 Å². The van der Waals surface area contributed by atoms with E-state index in [0.29, 0.717) is 27.7 Å². The lowest BCUT2D eigenvalue weighted by Gasteiger charge is -2.09. The van der Waals surface area contributed by atoms with Crippen molar-refractivity contribution in [2.45, 2.75) is 13.3 Å². The molecule has 1 N–H and O–H groups in total. The van der Waals surface area contributed by atoms with Gasteiger partial charge >= 0.3 is 0 Å². The average Bonchev–Trinajstić information content (AvgIpc) is 2.42. The fraction of sp³-hybridized carbons (Fsp3) is 0.231. The van der Waals surface area contributed by atoms with Gasteiger partial charge in [0.25, 0.3) is 5.88 Å². The van der Waals surface area contributed by atoms with Gasteiger partial charge in [-0.2, -0.15) is 9.37 Å². The molecule has 1 aromatic carbocycles. The number of benzene rings is 1. The first-order valence-corrected chi connectivity index (χ1v) is 7.16. The average molecular weight is 361 g/mol. The molecule has 20 heavy (non-hydrogen) atoms. The zero-order valence-electron chi connectivity index (χ0n) is 10.7. The fourth-order valence-corrected chi connectivity index (χ4v) is 2.17. The van der Waals surface area contributed by atoms with E-state index < -0.39 is 5.82 Å². The number of ether oxygens (including phenoxy) is 1. The molecule has 1 heterocycles. The summed E-state index contributed by atoms with van der Waals surface area (Å²) in [7, 11) is 0. The summed E-state index contributed by atoms with van der Waals surface area (Å²) in [6.45, 7) is 2.72. The summed E-state index contributed by atoms with van der Waals surface area (Å²) in [6.07, 6.45) is 1.99. The maximum absolute atomic E-state index is 13.7.